The third-order valence-electron chi connectivity index (χ3n) is 2.94. The lowest BCUT2D eigenvalue weighted by Gasteiger charge is -2.23. The fraction of sp³-hybridized carbons (Fsp3) is 0.500. The SMILES string of the molecule is CNC(=O)N(C)c1ccc(C(C)(C)C)cc1C. The van der Waals surface area contributed by atoms with Crippen molar-refractivity contribution in [3.05, 3.63) is 29.3 Å². The zero-order valence-corrected chi connectivity index (χ0v) is 11.6. The number of aryl methyl sites for hydroxylation is 1. The quantitative estimate of drug-likeness (QED) is 0.795. The molecule has 0 saturated carbocycles. The van der Waals surface area contributed by atoms with Gasteiger partial charge in [-0.2, -0.15) is 0 Å². The van der Waals surface area contributed by atoms with Crippen molar-refractivity contribution in [2.24, 2.45) is 0 Å². The van der Waals surface area contributed by atoms with Crippen molar-refractivity contribution in [2.75, 3.05) is 19.0 Å². The predicted molar refractivity (Wildman–Crippen MR) is 72.7 cm³/mol. The number of anilines is 1. The summed E-state index contributed by atoms with van der Waals surface area (Å²) in [6.07, 6.45) is 0. The first-order valence-electron chi connectivity index (χ1n) is 5.84. The monoisotopic (exact) mass is 234 g/mol. The Morgan fingerprint density at radius 1 is 1.29 bits per heavy atom. The van der Waals surface area contributed by atoms with E-state index >= 15 is 0 Å². The van der Waals surface area contributed by atoms with Gasteiger partial charge >= 0.3 is 6.03 Å². The van der Waals surface area contributed by atoms with Crippen LogP contribution < -0.4 is 10.2 Å². The van der Waals surface area contributed by atoms with Gasteiger partial charge in [-0.3, -0.25) is 4.90 Å². The molecule has 0 aromatic heterocycles. The molecule has 17 heavy (non-hydrogen) atoms. The zero-order valence-electron chi connectivity index (χ0n) is 11.6. The Bertz CT molecular complexity index is 419. The molecule has 1 aromatic rings. The molecule has 3 nitrogen and oxygen atoms in total. The second-order valence-corrected chi connectivity index (χ2v) is 5.37. The van der Waals surface area contributed by atoms with Crippen LogP contribution in [0.2, 0.25) is 0 Å². The average Bonchev–Trinajstić information content (AvgIpc) is 2.25. The van der Waals surface area contributed by atoms with Gasteiger partial charge in [0.05, 0.1) is 0 Å². The van der Waals surface area contributed by atoms with Crippen molar-refractivity contribution < 1.29 is 4.79 Å². The van der Waals surface area contributed by atoms with Gasteiger partial charge in [0.15, 0.2) is 0 Å². The minimum absolute atomic E-state index is 0.100. The summed E-state index contributed by atoms with van der Waals surface area (Å²) in [5.41, 5.74) is 3.47. The zero-order chi connectivity index (χ0) is 13.2. The van der Waals surface area contributed by atoms with Crippen LogP contribution in [0.1, 0.15) is 31.9 Å². The minimum Gasteiger partial charge on any atom is -0.341 e. The van der Waals surface area contributed by atoms with Crippen LogP contribution in [-0.2, 0) is 5.41 Å². The molecule has 0 fully saturated rings. The van der Waals surface area contributed by atoms with Crippen molar-refractivity contribution in [2.45, 2.75) is 33.1 Å². The first-order chi connectivity index (χ1) is 7.77. The first kappa shape index (κ1) is 13.6. The van der Waals surface area contributed by atoms with Gasteiger partial charge in [0.2, 0.25) is 0 Å². The molecular weight excluding hydrogens is 212 g/mol. The number of carbonyl (C=O) groups excluding carboxylic acids is 1. The maximum Gasteiger partial charge on any atom is 0.321 e. The van der Waals surface area contributed by atoms with Crippen molar-refractivity contribution in [3.8, 4) is 0 Å². The molecule has 1 N–H and O–H groups in total. The summed E-state index contributed by atoms with van der Waals surface area (Å²) >= 11 is 0. The van der Waals surface area contributed by atoms with Crippen molar-refractivity contribution in [3.63, 3.8) is 0 Å². The van der Waals surface area contributed by atoms with Crippen LogP contribution in [0.5, 0.6) is 0 Å². The molecule has 0 aliphatic heterocycles. The highest BCUT2D eigenvalue weighted by Crippen LogP contribution is 2.27. The lowest BCUT2D eigenvalue weighted by molar-refractivity contribution is 0.249. The van der Waals surface area contributed by atoms with Crippen molar-refractivity contribution in [1.82, 2.24) is 5.32 Å². The van der Waals surface area contributed by atoms with E-state index in [2.05, 4.69) is 38.2 Å². The van der Waals surface area contributed by atoms with Crippen LogP contribution in [0.25, 0.3) is 0 Å². The first-order valence-corrected chi connectivity index (χ1v) is 5.84. The van der Waals surface area contributed by atoms with Crippen LogP contribution >= 0.6 is 0 Å². The maximum absolute atomic E-state index is 11.6. The largest absolute Gasteiger partial charge is 0.341 e. The average molecular weight is 234 g/mol. The smallest absolute Gasteiger partial charge is 0.321 e. The summed E-state index contributed by atoms with van der Waals surface area (Å²) in [6, 6.07) is 6.14. The molecule has 0 saturated heterocycles. The molecular formula is C14H22N2O. The molecule has 1 aromatic carbocycles. The molecule has 0 aliphatic carbocycles. The number of hydrogen-bond donors (Lipinski definition) is 1. The number of nitrogens with zero attached hydrogens (tertiary/aromatic N) is 1. The fourth-order valence-corrected chi connectivity index (χ4v) is 1.78. The van der Waals surface area contributed by atoms with E-state index in [4.69, 9.17) is 0 Å². The molecule has 0 bridgehead atoms. The molecule has 94 valence electrons. The number of rotatable bonds is 1. The van der Waals surface area contributed by atoms with Gasteiger partial charge in [0.1, 0.15) is 0 Å². The lowest BCUT2D eigenvalue weighted by atomic mass is 9.86. The van der Waals surface area contributed by atoms with Crippen molar-refractivity contribution >= 4 is 11.7 Å². The molecule has 0 unspecified atom stereocenters. The van der Waals surface area contributed by atoms with E-state index < -0.39 is 0 Å². The number of benzene rings is 1. The standard InChI is InChI=1S/C14H22N2O/c1-10-9-11(14(2,3)4)7-8-12(10)16(6)13(17)15-5/h7-9H,1-6H3,(H,15,17). The summed E-state index contributed by atoms with van der Waals surface area (Å²) in [7, 11) is 3.41. The van der Waals surface area contributed by atoms with Crippen molar-refractivity contribution in [1.29, 1.82) is 0 Å². The Hall–Kier alpha value is -1.51. The fourth-order valence-electron chi connectivity index (χ4n) is 1.78. The van der Waals surface area contributed by atoms with Gasteiger partial charge in [0, 0.05) is 19.8 Å². The highest BCUT2D eigenvalue weighted by Gasteiger charge is 2.16. The number of nitrogens with one attached hydrogen (secondary N) is 1. The van der Waals surface area contributed by atoms with Gasteiger partial charge in [0.25, 0.3) is 0 Å². The third kappa shape index (κ3) is 2.99. The minimum atomic E-state index is -0.100. The van der Waals surface area contributed by atoms with E-state index in [-0.39, 0.29) is 11.4 Å². The van der Waals surface area contributed by atoms with Gasteiger partial charge in [-0.15, -0.1) is 0 Å². The number of urea groups is 1. The molecule has 0 aliphatic rings. The van der Waals surface area contributed by atoms with Crippen LogP contribution in [0.4, 0.5) is 10.5 Å². The Morgan fingerprint density at radius 3 is 2.29 bits per heavy atom. The second-order valence-electron chi connectivity index (χ2n) is 5.37. The van der Waals surface area contributed by atoms with Crippen LogP contribution in [-0.4, -0.2) is 20.1 Å². The molecule has 0 atom stereocenters. The maximum atomic E-state index is 11.6. The third-order valence-corrected chi connectivity index (χ3v) is 2.94. The van der Waals surface area contributed by atoms with E-state index in [9.17, 15) is 4.79 Å². The molecule has 3 heteroatoms. The highest BCUT2D eigenvalue weighted by atomic mass is 16.2. The van der Waals surface area contributed by atoms with E-state index in [1.54, 1.807) is 19.0 Å². The molecule has 0 radical (unpaired) electrons. The van der Waals surface area contributed by atoms with E-state index in [0.29, 0.717) is 0 Å². The Morgan fingerprint density at radius 2 is 1.88 bits per heavy atom. The van der Waals surface area contributed by atoms with E-state index in [1.807, 2.05) is 13.0 Å². The van der Waals surface area contributed by atoms with Crippen LogP contribution in [0.3, 0.4) is 0 Å². The normalized spacial score (nSPS) is 11.2. The Balaban J connectivity index is 3.10. The summed E-state index contributed by atoms with van der Waals surface area (Å²) in [6.45, 7) is 8.59. The summed E-state index contributed by atoms with van der Waals surface area (Å²) in [5, 5.41) is 2.62. The Kier molecular flexibility index (Phi) is 3.81. The predicted octanol–water partition coefficient (Wildman–Crippen LogP) is 3.07. The number of carbonyl (C=O) groups is 1. The molecule has 1 rings (SSSR count). The highest BCUT2D eigenvalue weighted by molar-refractivity contribution is 5.92. The Labute approximate surface area is 104 Å². The summed E-state index contributed by atoms with van der Waals surface area (Å²) in [5.74, 6) is 0. The molecule has 2 amide bonds. The van der Waals surface area contributed by atoms with Gasteiger partial charge in [-0.25, -0.2) is 4.79 Å². The second kappa shape index (κ2) is 4.78. The summed E-state index contributed by atoms with van der Waals surface area (Å²) in [4.78, 5) is 13.2. The topological polar surface area (TPSA) is 32.3 Å². The van der Waals surface area contributed by atoms with Gasteiger partial charge in [-0.05, 0) is 29.5 Å². The number of hydrogen-bond acceptors (Lipinski definition) is 1. The van der Waals surface area contributed by atoms with Crippen LogP contribution in [0.15, 0.2) is 18.2 Å². The summed E-state index contributed by atoms with van der Waals surface area (Å²) < 4.78 is 0. The van der Waals surface area contributed by atoms with E-state index in [1.165, 1.54) is 5.56 Å². The van der Waals surface area contributed by atoms with Crippen LogP contribution in [0, 0.1) is 6.92 Å². The molecule has 0 heterocycles. The van der Waals surface area contributed by atoms with Gasteiger partial charge in [-0.1, -0.05) is 32.9 Å². The van der Waals surface area contributed by atoms with E-state index in [0.717, 1.165) is 11.3 Å². The number of amides is 2. The van der Waals surface area contributed by atoms with Gasteiger partial charge < -0.3 is 5.32 Å². The molecule has 0 spiro atoms. The lowest BCUT2D eigenvalue weighted by Crippen LogP contribution is -2.35.